The van der Waals surface area contributed by atoms with Crippen LogP contribution >= 0.6 is 0 Å². The highest BCUT2D eigenvalue weighted by Crippen LogP contribution is 2.16. The molecular formula is C15H27N7O. The van der Waals surface area contributed by atoms with Crippen molar-refractivity contribution in [2.45, 2.75) is 25.9 Å². The molecule has 1 amide bonds. The lowest BCUT2D eigenvalue weighted by Crippen LogP contribution is -2.61. The van der Waals surface area contributed by atoms with Gasteiger partial charge in [0.25, 0.3) is 0 Å². The SMILES string of the molecule is CN=C(NCc1ccnn1C)N1CCN(C(C)(C)C(N)=O)CC1. The van der Waals surface area contributed by atoms with Crippen LogP contribution in [0.2, 0.25) is 0 Å². The van der Waals surface area contributed by atoms with Crippen LogP contribution in [0.5, 0.6) is 0 Å². The number of rotatable bonds is 4. The molecule has 23 heavy (non-hydrogen) atoms. The van der Waals surface area contributed by atoms with Crippen molar-refractivity contribution >= 4 is 11.9 Å². The fourth-order valence-electron chi connectivity index (χ4n) is 2.71. The fraction of sp³-hybridized carbons (Fsp3) is 0.667. The Balaban J connectivity index is 1.90. The van der Waals surface area contributed by atoms with Gasteiger partial charge in [0.15, 0.2) is 5.96 Å². The topological polar surface area (TPSA) is 91.8 Å². The maximum Gasteiger partial charge on any atom is 0.237 e. The van der Waals surface area contributed by atoms with Crippen LogP contribution in [0.3, 0.4) is 0 Å². The third-order valence-electron chi connectivity index (χ3n) is 4.53. The molecule has 0 atom stereocenters. The van der Waals surface area contributed by atoms with E-state index < -0.39 is 5.54 Å². The second kappa shape index (κ2) is 6.99. The standard InChI is InChI=1S/C15H27N7O/c1-15(2,13(16)23)22-9-7-21(8-10-22)14(17-3)18-11-12-5-6-19-20(12)4/h5-6H,7-11H2,1-4H3,(H2,16,23)(H,17,18). The van der Waals surface area contributed by atoms with Crippen molar-refractivity contribution in [3.05, 3.63) is 18.0 Å². The van der Waals surface area contributed by atoms with Crippen LogP contribution in [-0.2, 0) is 18.4 Å². The Morgan fingerprint density at radius 1 is 1.39 bits per heavy atom. The Hall–Kier alpha value is -2.09. The Labute approximate surface area is 137 Å². The van der Waals surface area contributed by atoms with Gasteiger partial charge in [0.1, 0.15) is 0 Å². The van der Waals surface area contributed by atoms with Gasteiger partial charge in [-0.3, -0.25) is 19.4 Å². The molecule has 0 bridgehead atoms. The summed E-state index contributed by atoms with van der Waals surface area (Å²) in [7, 11) is 3.70. The molecular weight excluding hydrogens is 294 g/mol. The second-order valence-corrected chi connectivity index (χ2v) is 6.24. The highest BCUT2D eigenvalue weighted by molar-refractivity contribution is 5.84. The number of carbonyl (C=O) groups excluding carboxylic acids is 1. The van der Waals surface area contributed by atoms with E-state index in [4.69, 9.17) is 5.73 Å². The summed E-state index contributed by atoms with van der Waals surface area (Å²) < 4.78 is 1.84. The van der Waals surface area contributed by atoms with Crippen LogP contribution in [0.1, 0.15) is 19.5 Å². The van der Waals surface area contributed by atoms with Crippen LogP contribution in [0.4, 0.5) is 0 Å². The van der Waals surface area contributed by atoms with E-state index in [0.29, 0.717) is 6.54 Å². The molecule has 8 nitrogen and oxygen atoms in total. The normalized spacial score (nSPS) is 17.4. The van der Waals surface area contributed by atoms with Gasteiger partial charge in [-0.1, -0.05) is 0 Å². The Morgan fingerprint density at radius 3 is 2.52 bits per heavy atom. The quantitative estimate of drug-likeness (QED) is 0.569. The van der Waals surface area contributed by atoms with E-state index in [2.05, 4.69) is 25.2 Å². The molecule has 8 heteroatoms. The van der Waals surface area contributed by atoms with Gasteiger partial charge in [-0.05, 0) is 19.9 Å². The number of amides is 1. The first kappa shape index (κ1) is 17.3. The van der Waals surface area contributed by atoms with E-state index in [1.165, 1.54) is 0 Å². The average molecular weight is 321 g/mol. The van der Waals surface area contributed by atoms with Gasteiger partial charge in [0, 0.05) is 46.5 Å². The first-order valence-corrected chi connectivity index (χ1v) is 7.83. The summed E-state index contributed by atoms with van der Waals surface area (Å²) in [5.41, 5.74) is 5.98. The fourth-order valence-corrected chi connectivity index (χ4v) is 2.71. The molecule has 2 rings (SSSR count). The molecule has 1 aromatic heterocycles. The average Bonchev–Trinajstić information content (AvgIpc) is 2.93. The van der Waals surface area contributed by atoms with Gasteiger partial charge in [-0.2, -0.15) is 5.10 Å². The lowest BCUT2D eigenvalue weighted by molar-refractivity contribution is -0.129. The smallest absolute Gasteiger partial charge is 0.237 e. The van der Waals surface area contributed by atoms with E-state index in [-0.39, 0.29) is 5.91 Å². The summed E-state index contributed by atoms with van der Waals surface area (Å²) >= 11 is 0. The number of hydrogen-bond acceptors (Lipinski definition) is 4. The summed E-state index contributed by atoms with van der Waals surface area (Å²) in [6, 6.07) is 1.98. The van der Waals surface area contributed by atoms with Crippen LogP contribution in [0, 0.1) is 0 Å². The number of piperazine rings is 1. The van der Waals surface area contributed by atoms with Crippen molar-refractivity contribution in [3.8, 4) is 0 Å². The number of nitrogens with zero attached hydrogens (tertiary/aromatic N) is 5. The monoisotopic (exact) mass is 321 g/mol. The van der Waals surface area contributed by atoms with Gasteiger partial charge < -0.3 is 16.0 Å². The molecule has 0 aromatic carbocycles. The molecule has 0 aliphatic carbocycles. The lowest BCUT2D eigenvalue weighted by atomic mass is 10.0. The number of nitrogens with one attached hydrogen (secondary N) is 1. The zero-order valence-corrected chi connectivity index (χ0v) is 14.4. The predicted octanol–water partition coefficient (Wildman–Crippen LogP) is -0.623. The molecule has 1 fully saturated rings. The number of hydrogen-bond donors (Lipinski definition) is 2. The molecule has 1 aliphatic heterocycles. The molecule has 3 N–H and O–H groups in total. The first-order valence-electron chi connectivity index (χ1n) is 7.83. The van der Waals surface area contributed by atoms with Crippen molar-refractivity contribution < 1.29 is 4.79 Å². The Kier molecular flexibility index (Phi) is 5.25. The van der Waals surface area contributed by atoms with Crippen molar-refractivity contribution in [2.24, 2.45) is 17.8 Å². The number of aliphatic imine (C=N–C) groups is 1. The molecule has 0 spiro atoms. The minimum atomic E-state index is -0.613. The zero-order chi connectivity index (χ0) is 17.0. The zero-order valence-electron chi connectivity index (χ0n) is 14.4. The largest absolute Gasteiger partial charge is 0.368 e. The summed E-state index contributed by atoms with van der Waals surface area (Å²) in [4.78, 5) is 20.3. The predicted molar refractivity (Wildman–Crippen MR) is 89.8 cm³/mol. The van der Waals surface area contributed by atoms with Crippen LogP contribution in [-0.4, -0.2) is 70.2 Å². The Morgan fingerprint density at radius 2 is 2.04 bits per heavy atom. The molecule has 128 valence electrons. The number of primary amides is 1. The first-order chi connectivity index (χ1) is 10.9. The molecule has 0 saturated carbocycles. The van der Waals surface area contributed by atoms with Crippen LogP contribution < -0.4 is 11.1 Å². The number of carbonyl (C=O) groups is 1. The van der Waals surface area contributed by atoms with Gasteiger partial charge in [0.05, 0.1) is 17.8 Å². The Bertz CT molecular complexity index is 570. The van der Waals surface area contributed by atoms with Crippen molar-refractivity contribution in [2.75, 3.05) is 33.2 Å². The highest BCUT2D eigenvalue weighted by Gasteiger charge is 2.35. The van der Waals surface area contributed by atoms with Crippen LogP contribution in [0.25, 0.3) is 0 Å². The van der Waals surface area contributed by atoms with Crippen LogP contribution in [0.15, 0.2) is 17.3 Å². The van der Waals surface area contributed by atoms with Crippen molar-refractivity contribution in [1.29, 1.82) is 0 Å². The van der Waals surface area contributed by atoms with E-state index in [1.54, 1.807) is 13.2 Å². The van der Waals surface area contributed by atoms with Crippen molar-refractivity contribution in [3.63, 3.8) is 0 Å². The van der Waals surface area contributed by atoms with Gasteiger partial charge in [-0.25, -0.2) is 0 Å². The number of guanidine groups is 1. The number of aromatic nitrogens is 2. The highest BCUT2D eigenvalue weighted by atomic mass is 16.1. The summed E-state index contributed by atoms with van der Waals surface area (Å²) in [5.74, 6) is 0.576. The maximum atomic E-state index is 11.6. The van der Waals surface area contributed by atoms with E-state index in [1.807, 2.05) is 31.6 Å². The third-order valence-corrected chi connectivity index (χ3v) is 4.53. The summed E-state index contributed by atoms with van der Waals surface area (Å²) in [6.45, 7) is 7.60. The van der Waals surface area contributed by atoms with E-state index in [9.17, 15) is 4.79 Å². The molecule has 1 aliphatic rings. The number of nitrogens with two attached hydrogens (primary N) is 1. The van der Waals surface area contributed by atoms with Gasteiger partial charge in [-0.15, -0.1) is 0 Å². The minimum Gasteiger partial charge on any atom is -0.368 e. The lowest BCUT2D eigenvalue weighted by Gasteiger charge is -2.43. The molecule has 1 saturated heterocycles. The van der Waals surface area contributed by atoms with E-state index in [0.717, 1.165) is 37.8 Å². The summed E-state index contributed by atoms with van der Waals surface area (Å²) in [6.07, 6.45) is 1.78. The molecule has 1 aromatic rings. The molecule has 2 heterocycles. The van der Waals surface area contributed by atoms with Gasteiger partial charge >= 0.3 is 0 Å². The minimum absolute atomic E-state index is 0.287. The second-order valence-electron chi connectivity index (χ2n) is 6.24. The molecule has 0 radical (unpaired) electrons. The number of aryl methyl sites for hydroxylation is 1. The maximum absolute atomic E-state index is 11.6. The molecule has 0 unspecified atom stereocenters. The third kappa shape index (κ3) is 3.82. The van der Waals surface area contributed by atoms with E-state index >= 15 is 0 Å². The van der Waals surface area contributed by atoms with Crippen molar-refractivity contribution in [1.82, 2.24) is 24.9 Å². The summed E-state index contributed by atoms with van der Waals surface area (Å²) in [5, 5.41) is 7.52. The van der Waals surface area contributed by atoms with Gasteiger partial charge in [0.2, 0.25) is 5.91 Å².